The van der Waals surface area contributed by atoms with E-state index in [9.17, 15) is 8.42 Å². The van der Waals surface area contributed by atoms with Gasteiger partial charge in [-0.15, -0.1) is 12.4 Å². The van der Waals surface area contributed by atoms with E-state index in [1.54, 1.807) is 24.3 Å². The van der Waals surface area contributed by atoms with E-state index in [0.717, 1.165) is 0 Å². The van der Waals surface area contributed by atoms with Gasteiger partial charge >= 0.3 is 0 Å². The standard InChI is InChI=1S/C12H15N3O2S.ClH/c13-7-10-2-1-3-11(6-10)9-18(16,17)15-5-4-12(14)8-15;/h1-3,6,12H,4-5,8-9,14H2;1H/t12-;/m0./s1. The molecule has 1 aromatic carbocycles. The van der Waals surface area contributed by atoms with Gasteiger partial charge in [0.05, 0.1) is 17.4 Å². The van der Waals surface area contributed by atoms with E-state index in [0.29, 0.717) is 30.6 Å². The lowest BCUT2D eigenvalue weighted by Gasteiger charge is -2.15. The molecule has 104 valence electrons. The molecule has 0 bridgehead atoms. The molecular formula is C12H16ClN3O2S. The van der Waals surface area contributed by atoms with Gasteiger partial charge in [-0.1, -0.05) is 12.1 Å². The number of sulfonamides is 1. The average Bonchev–Trinajstić information content (AvgIpc) is 2.76. The fourth-order valence-electron chi connectivity index (χ4n) is 2.04. The van der Waals surface area contributed by atoms with Crippen LogP contribution in [0.3, 0.4) is 0 Å². The molecule has 0 unspecified atom stereocenters. The van der Waals surface area contributed by atoms with Crippen LogP contribution in [0, 0.1) is 11.3 Å². The maximum Gasteiger partial charge on any atom is 0.218 e. The van der Waals surface area contributed by atoms with Crippen molar-refractivity contribution in [2.24, 2.45) is 5.73 Å². The number of nitrogens with two attached hydrogens (primary N) is 1. The molecule has 0 amide bonds. The van der Waals surface area contributed by atoms with E-state index < -0.39 is 10.0 Å². The Balaban J connectivity index is 0.00000180. The molecule has 5 nitrogen and oxygen atoms in total. The first kappa shape index (κ1) is 15.9. The van der Waals surface area contributed by atoms with Gasteiger partial charge in [0, 0.05) is 19.1 Å². The topological polar surface area (TPSA) is 87.2 Å². The second-order valence-electron chi connectivity index (χ2n) is 4.48. The molecule has 1 heterocycles. The van der Waals surface area contributed by atoms with Crippen molar-refractivity contribution in [2.45, 2.75) is 18.2 Å². The number of halogens is 1. The van der Waals surface area contributed by atoms with Crippen molar-refractivity contribution in [2.75, 3.05) is 13.1 Å². The molecule has 1 aliphatic heterocycles. The van der Waals surface area contributed by atoms with Gasteiger partial charge in [0.15, 0.2) is 0 Å². The van der Waals surface area contributed by atoms with Crippen molar-refractivity contribution in [3.8, 4) is 6.07 Å². The summed E-state index contributed by atoms with van der Waals surface area (Å²) in [4.78, 5) is 0. The van der Waals surface area contributed by atoms with E-state index in [4.69, 9.17) is 11.0 Å². The minimum Gasteiger partial charge on any atom is -0.326 e. The number of benzene rings is 1. The third kappa shape index (κ3) is 3.91. The predicted octanol–water partition coefficient (Wildman–Crippen LogP) is 0.843. The SMILES string of the molecule is Cl.N#Cc1cccc(CS(=O)(=O)N2CC[C@H](N)C2)c1. The fourth-order valence-corrected chi connectivity index (χ4v) is 3.62. The third-order valence-corrected chi connectivity index (χ3v) is 4.80. The molecule has 2 rings (SSSR count). The van der Waals surface area contributed by atoms with Crippen LogP contribution in [0.15, 0.2) is 24.3 Å². The van der Waals surface area contributed by atoms with Crippen molar-refractivity contribution in [3.05, 3.63) is 35.4 Å². The van der Waals surface area contributed by atoms with Crippen LogP contribution in [0.1, 0.15) is 17.5 Å². The Morgan fingerprint density at radius 3 is 2.79 bits per heavy atom. The summed E-state index contributed by atoms with van der Waals surface area (Å²) in [6.45, 7) is 0.877. The van der Waals surface area contributed by atoms with Gasteiger partial charge < -0.3 is 5.73 Å². The number of hydrogen-bond donors (Lipinski definition) is 1. The average molecular weight is 302 g/mol. The molecule has 0 aromatic heterocycles. The van der Waals surface area contributed by atoms with Crippen LogP contribution < -0.4 is 5.73 Å². The summed E-state index contributed by atoms with van der Waals surface area (Å²) >= 11 is 0. The Morgan fingerprint density at radius 2 is 2.21 bits per heavy atom. The van der Waals surface area contributed by atoms with E-state index in [2.05, 4.69) is 0 Å². The highest BCUT2D eigenvalue weighted by Gasteiger charge is 2.29. The third-order valence-electron chi connectivity index (χ3n) is 2.99. The molecule has 0 aliphatic carbocycles. The van der Waals surface area contributed by atoms with Crippen molar-refractivity contribution < 1.29 is 8.42 Å². The van der Waals surface area contributed by atoms with Crippen LogP contribution in [0.5, 0.6) is 0 Å². The van der Waals surface area contributed by atoms with Gasteiger partial charge in [-0.3, -0.25) is 0 Å². The molecule has 2 N–H and O–H groups in total. The monoisotopic (exact) mass is 301 g/mol. The number of rotatable bonds is 3. The van der Waals surface area contributed by atoms with E-state index in [-0.39, 0.29) is 24.2 Å². The molecule has 7 heteroatoms. The molecule has 0 saturated carbocycles. The van der Waals surface area contributed by atoms with Gasteiger partial charge in [0.2, 0.25) is 10.0 Å². The molecule has 19 heavy (non-hydrogen) atoms. The second-order valence-corrected chi connectivity index (χ2v) is 6.44. The van der Waals surface area contributed by atoms with E-state index in [1.165, 1.54) is 4.31 Å². The van der Waals surface area contributed by atoms with Gasteiger partial charge in [-0.05, 0) is 24.1 Å². The number of nitrogens with zero attached hydrogens (tertiary/aromatic N) is 2. The van der Waals surface area contributed by atoms with Gasteiger partial charge in [-0.2, -0.15) is 5.26 Å². The summed E-state index contributed by atoms with van der Waals surface area (Å²) in [5.74, 6) is -0.0742. The molecular weight excluding hydrogens is 286 g/mol. The summed E-state index contributed by atoms with van der Waals surface area (Å²) < 4.78 is 25.7. The normalized spacial score (nSPS) is 19.7. The van der Waals surface area contributed by atoms with Crippen LogP contribution in [0.25, 0.3) is 0 Å². The Morgan fingerprint density at radius 1 is 1.47 bits per heavy atom. The van der Waals surface area contributed by atoms with Gasteiger partial charge in [-0.25, -0.2) is 12.7 Å². The zero-order chi connectivity index (χ0) is 13.2. The van der Waals surface area contributed by atoms with Crippen molar-refractivity contribution in [3.63, 3.8) is 0 Å². The molecule has 1 aromatic rings. The zero-order valence-corrected chi connectivity index (χ0v) is 12.0. The molecule has 0 spiro atoms. The first-order valence-corrected chi connectivity index (χ1v) is 7.34. The fraction of sp³-hybridized carbons (Fsp3) is 0.417. The van der Waals surface area contributed by atoms with Crippen molar-refractivity contribution >= 4 is 22.4 Å². The minimum atomic E-state index is -3.33. The highest BCUT2D eigenvalue weighted by atomic mass is 35.5. The zero-order valence-electron chi connectivity index (χ0n) is 10.3. The van der Waals surface area contributed by atoms with Crippen LogP contribution in [-0.2, 0) is 15.8 Å². The minimum absolute atomic E-state index is 0. The summed E-state index contributed by atoms with van der Waals surface area (Å²) in [6.07, 6.45) is 0.706. The quantitative estimate of drug-likeness (QED) is 0.896. The van der Waals surface area contributed by atoms with Crippen LogP contribution in [-0.4, -0.2) is 31.9 Å². The smallest absolute Gasteiger partial charge is 0.218 e. The highest BCUT2D eigenvalue weighted by Crippen LogP contribution is 2.17. The predicted molar refractivity (Wildman–Crippen MR) is 75.2 cm³/mol. The maximum atomic E-state index is 12.1. The summed E-state index contributed by atoms with van der Waals surface area (Å²) in [6, 6.07) is 8.61. The Bertz CT molecular complexity index is 583. The highest BCUT2D eigenvalue weighted by molar-refractivity contribution is 7.88. The summed E-state index contributed by atoms with van der Waals surface area (Å²) in [7, 11) is -3.33. The summed E-state index contributed by atoms with van der Waals surface area (Å²) in [5, 5.41) is 8.78. The summed E-state index contributed by atoms with van der Waals surface area (Å²) in [5.41, 5.74) is 6.82. The molecule has 1 saturated heterocycles. The van der Waals surface area contributed by atoms with Crippen LogP contribution >= 0.6 is 12.4 Å². The molecule has 0 radical (unpaired) electrons. The lowest BCUT2D eigenvalue weighted by Crippen LogP contribution is -2.32. The van der Waals surface area contributed by atoms with Crippen molar-refractivity contribution in [1.29, 1.82) is 5.26 Å². The largest absolute Gasteiger partial charge is 0.326 e. The first-order valence-electron chi connectivity index (χ1n) is 5.74. The van der Waals surface area contributed by atoms with Gasteiger partial charge in [0.25, 0.3) is 0 Å². The molecule has 1 fully saturated rings. The lowest BCUT2D eigenvalue weighted by atomic mass is 10.2. The Labute approximate surface area is 119 Å². The molecule has 1 aliphatic rings. The number of nitriles is 1. The van der Waals surface area contributed by atoms with Crippen molar-refractivity contribution in [1.82, 2.24) is 4.31 Å². The van der Waals surface area contributed by atoms with E-state index in [1.807, 2.05) is 6.07 Å². The Hall–Kier alpha value is -1.13. The first-order chi connectivity index (χ1) is 8.51. The second kappa shape index (κ2) is 6.35. The van der Waals surface area contributed by atoms with E-state index >= 15 is 0 Å². The molecule has 1 atom stereocenters. The maximum absolute atomic E-state index is 12.1. The van der Waals surface area contributed by atoms with Gasteiger partial charge in [0.1, 0.15) is 0 Å². The van der Waals surface area contributed by atoms with Crippen LogP contribution in [0.2, 0.25) is 0 Å². The number of hydrogen-bond acceptors (Lipinski definition) is 4. The van der Waals surface area contributed by atoms with Crippen LogP contribution in [0.4, 0.5) is 0 Å². The lowest BCUT2D eigenvalue weighted by molar-refractivity contribution is 0.471. The Kier molecular flexibility index (Phi) is 5.32.